The molecule has 2 atom stereocenters. The quantitative estimate of drug-likeness (QED) is 0.567. The zero-order chi connectivity index (χ0) is 11.3. The Bertz CT molecular complexity index is 266. The maximum Gasteiger partial charge on any atom is 0.152 e. The average molecular weight is 207 g/mol. The highest BCUT2D eigenvalue weighted by molar-refractivity contribution is 5.88. The number of rotatable bonds is 4. The molecule has 0 saturated heterocycles. The van der Waals surface area contributed by atoms with Crippen molar-refractivity contribution in [3.63, 3.8) is 0 Å². The number of carbonyl (C=O) groups excluding carboxylic acids is 1. The minimum Gasteiger partial charge on any atom is -0.319 e. The molecule has 2 heteroatoms. The summed E-state index contributed by atoms with van der Waals surface area (Å²) in [6, 6.07) is 0. The molecule has 1 saturated carbocycles. The highest BCUT2D eigenvalue weighted by Gasteiger charge is 2.36. The van der Waals surface area contributed by atoms with Gasteiger partial charge >= 0.3 is 0 Å². The number of Topliss-reactive ketones (excluding diaryl/α,β-unsaturated/α-hetero) is 1. The summed E-state index contributed by atoms with van der Waals surface area (Å²) in [5, 5.41) is 0. The van der Waals surface area contributed by atoms with Crippen molar-refractivity contribution < 1.29 is 4.79 Å². The first-order valence-corrected chi connectivity index (χ1v) is 5.84. The number of terminal acetylenes is 1. The molecule has 1 aliphatic rings. The second-order valence-corrected chi connectivity index (χ2v) is 4.84. The molecule has 0 bridgehead atoms. The molecule has 0 aromatic heterocycles. The fourth-order valence-electron chi connectivity index (χ4n) is 2.45. The van der Waals surface area contributed by atoms with E-state index in [4.69, 9.17) is 12.2 Å². The third-order valence-corrected chi connectivity index (χ3v) is 3.31. The molecule has 2 N–H and O–H groups in total. The van der Waals surface area contributed by atoms with Crippen LogP contribution in [0.4, 0.5) is 0 Å². The highest BCUT2D eigenvalue weighted by atomic mass is 16.1. The summed E-state index contributed by atoms with van der Waals surface area (Å²) < 4.78 is 0. The largest absolute Gasteiger partial charge is 0.319 e. The Kier molecular flexibility index (Phi) is 4.35. The second kappa shape index (κ2) is 5.32. The van der Waals surface area contributed by atoms with E-state index in [0.29, 0.717) is 18.8 Å². The molecule has 1 rings (SSSR count). The first kappa shape index (κ1) is 12.3. The topological polar surface area (TPSA) is 43.1 Å². The molecule has 0 amide bonds. The Labute approximate surface area is 92.6 Å². The molecule has 0 radical (unpaired) electrons. The molecule has 1 fully saturated rings. The fourth-order valence-corrected chi connectivity index (χ4v) is 2.45. The van der Waals surface area contributed by atoms with Gasteiger partial charge in [-0.25, -0.2) is 0 Å². The van der Waals surface area contributed by atoms with E-state index in [2.05, 4.69) is 12.8 Å². The summed E-state index contributed by atoms with van der Waals surface area (Å²) >= 11 is 0. The summed E-state index contributed by atoms with van der Waals surface area (Å²) in [5.74, 6) is 3.35. The minimum atomic E-state index is -0.549. The van der Waals surface area contributed by atoms with Gasteiger partial charge in [-0.1, -0.05) is 19.8 Å². The molecule has 0 aromatic carbocycles. The van der Waals surface area contributed by atoms with Gasteiger partial charge in [0.2, 0.25) is 0 Å². The Morgan fingerprint density at radius 3 is 3.00 bits per heavy atom. The van der Waals surface area contributed by atoms with Gasteiger partial charge < -0.3 is 5.73 Å². The van der Waals surface area contributed by atoms with E-state index in [1.54, 1.807) is 0 Å². The zero-order valence-electron chi connectivity index (χ0n) is 9.59. The Morgan fingerprint density at radius 1 is 1.67 bits per heavy atom. The van der Waals surface area contributed by atoms with Crippen molar-refractivity contribution in [3.8, 4) is 12.3 Å². The zero-order valence-corrected chi connectivity index (χ0v) is 9.59. The molecule has 2 unspecified atom stereocenters. The van der Waals surface area contributed by atoms with Crippen LogP contribution in [0.3, 0.4) is 0 Å². The van der Waals surface area contributed by atoms with Crippen molar-refractivity contribution in [2.75, 3.05) is 0 Å². The Morgan fingerprint density at radius 2 is 2.40 bits per heavy atom. The highest BCUT2D eigenvalue weighted by Crippen LogP contribution is 2.32. The van der Waals surface area contributed by atoms with Gasteiger partial charge in [-0.3, -0.25) is 4.79 Å². The normalized spacial score (nSPS) is 30.9. The molecular weight excluding hydrogens is 186 g/mol. The van der Waals surface area contributed by atoms with E-state index in [1.165, 1.54) is 6.42 Å². The van der Waals surface area contributed by atoms with Gasteiger partial charge in [0.05, 0.1) is 5.54 Å². The predicted octanol–water partition coefficient (Wildman–Crippen LogP) is 2.27. The predicted molar refractivity (Wildman–Crippen MR) is 62.2 cm³/mol. The second-order valence-electron chi connectivity index (χ2n) is 4.84. The summed E-state index contributed by atoms with van der Waals surface area (Å²) in [6.45, 7) is 2.18. The summed E-state index contributed by atoms with van der Waals surface area (Å²) in [5.41, 5.74) is 5.62. The van der Waals surface area contributed by atoms with Crippen LogP contribution in [0.25, 0.3) is 0 Å². The summed E-state index contributed by atoms with van der Waals surface area (Å²) in [7, 11) is 0. The molecule has 84 valence electrons. The number of unbranched alkanes of at least 4 members (excludes halogenated alkanes) is 1. The van der Waals surface area contributed by atoms with Crippen LogP contribution in [0.15, 0.2) is 0 Å². The van der Waals surface area contributed by atoms with Gasteiger partial charge in [-0.15, -0.1) is 12.3 Å². The molecule has 0 heterocycles. The van der Waals surface area contributed by atoms with E-state index < -0.39 is 5.54 Å². The van der Waals surface area contributed by atoms with Gasteiger partial charge in [0.1, 0.15) is 0 Å². The lowest BCUT2D eigenvalue weighted by Crippen LogP contribution is -2.50. The van der Waals surface area contributed by atoms with Crippen LogP contribution in [-0.4, -0.2) is 11.3 Å². The Balaban J connectivity index is 2.46. The van der Waals surface area contributed by atoms with Crippen molar-refractivity contribution in [2.45, 2.75) is 57.4 Å². The fraction of sp³-hybridized carbons (Fsp3) is 0.769. The molecule has 1 aliphatic carbocycles. The van der Waals surface area contributed by atoms with Crippen LogP contribution < -0.4 is 5.73 Å². The van der Waals surface area contributed by atoms with Crippen LogP contribution in [0.2, 0.25) is 0 Å². The van der Waals surface area contributed by atoms with Crippen LogP contribution in [0, 0.1) is 18.3 Å². The first-order chi connectivity index (χ1) is 7.08. The number of nitrogens with two attached hydrogens (primary N) is 1. The third-order valence-electron chi connectivity index (χ3n) is 3.31. The van der Waals surface area contributed by atoms with Crippen molar-refractivity contribution in [3.05, 3.63) is 0 Å². The molecule has 0 spiro atoms. The van der Waals surface area contributed by atoms with Gasteiger partial charge in [0, 0.05) is 12.8 Å². The van der Waals surface area contributed by atoms with E-state index in [1.807, 2.05) is 0 Å². The van der Waals surface area contributed by atoms with Crippen molar-refractivity contribution >= 4 is 5.78 Å². The van der Waals surface area contributed by atoms with E-state index in [0.717, 1.165) is 25.7 Å². The van der Waals surface area contributed by atoms with Crippen LogP contribution >= 0.6 is 0 Å². The standard InChI is InChI=1S/C13H21NO/c1-3-4-5-8-12(15)13(14)9-6-7-11(2)10-13/h1,11H,4-10,14H2,2H3. The monoisotopic (exact) mass is 207 g/mol. The van der Waals surface area contributed by atoms with E-state index in [-0.39, 0.29) is 5.78 Å². The lowest BCUT2D eigenvalue weighted by molar-refractivity contribution is -0.125. The molecule has 15 heavy (non-hydrogen) atoms. The van der Waals surface area contributed by atoms with Crippen molar-refractivity contribution in [1.82, 2.24) is 0 Å². The van der Waals surface area contributed by atoms with E-state index >= 15 is 0 Å². The van der Waals surface area contributed by atoms with Crippen LogP contribution in [0.5, 0.6) is 0 Å². The van der Waals surface area contributed by atoms with Gasteiger partial charge in [-0.2, -0.15) is 0 Å². The smallest absolute Gasteiger partial charge is 0.152 e. The third kappa shape index (κ3) is 3.35. The van der Waals surface area contributed by atoms with Crippen LogP contribution in [0.1, 0.15) is 51.9 Å². The number of hydrogen-bond donors (Lipinski definition) is 1. The van der Waals surface area contributed by atoms with E-state index in [9.17, 15) is 4.79 Å². The van der Waals surface area contributed by atoms with Crippen LogP contribution in [-0.2, 0) is 4.79 Å². The molecule has 0 aliphatic heterocycles. The number of hydrogen-bond acceptors (Lipinski definition) is 2. The van der Waals surface area contributed by atoms with Crippen molar-refractivity contribution in [1.29, 1.82) is 0 Å². The average Bonchev–Trinajstić information content (AvgIpc) is 2.17. The SMILES string of the molecule is C#CCCCC(=O)C1(N)CCCC(C)C1. The molecular formula is C13H21NO. The van der Waals surface area contributed by atoms with Gasteiger partial charge in [-0.05, 0) is 25.2 Å². The lowest BCUT2D eigenvalue weighted by Gasteiger charge is -2.35. The van der Waals surface area contributed by atoms with Crippen molar-refractivity contribution in [2.24, 2.45) is 11.7 Å². The maximum atomic E-state index is 11.9. The molecule has 2 nitrogen and oxygen atoms in total. The van der Waals surface area contributed by atoms with Gasteiger partial charge in [0.15, 0.2) is 5.78 Å². The Hall–Kier alpha value is -0.810. The summed E-state index contributed by atoms with van der Waals surface area (Å²) in [6.07, 6.45) is 11.2. The first-order valence-electron chi connectivity index (χ1n) is 5.84. The maximum absolute atomic E-state index is 11.9. The van der Waals surface area contributed by atoms with Gasteiger partial charge in [0.25, 0.3) is 0 Å². The molecule has 0 aromatic rings. The number of carbonyl (C=O) groups is 1. The lowest BCUT2D eigenvalue weighted by atomic mass is 9.74. The summed E-state index contributed by atoms with van der Waals surface area (Å²) in [4.78, 5) is 11.9. The number of ketones is 1. The minimum absolute atomic E-state index is 0.212.